The number of aryl methyl sites for hydroxylation is 1. The molecule has 1 aromatic rings. The third-order valence-corrected chi connectivity index (χ3v) is 3.91. The van der Waals surface area contributed by atoms with Gasteiger partial charge in [-0.05, 0) is 31.9 Å². The minimum Gasteiger partial charge on any atom is -0.382 e. The predicted molar refractivity (Wildman–Crippen MR) is 84.1 cm³/mol. The molecule has 1 aliphatic heterocycles. The first-order valence-electron chi connectivity index (χ1n) is 7.68. The lowest BCUT2D eigenvalue weighted by Crippen LogP contribution is -2.43. The lowest BCUT2D eigenvalue weighted by atomic mass is 10.3. The van der Waals surface area contributed by atoms with E-state index in [1.165, 1.54) is 7.05 Å². The normalized spacial score (nSPS) is 16.2. The Hall–Kier alpha value is -2.03. The quantitative estimate of drug-likeness (QED) is 0.878. The first-order chi connectivity index (χ1) is 11.2. The number of alkyl halides is 3. The van der Waals surface area contributed by atoms with Crippen LogP contribution in [-0.2, 0) is 0 Å². The second-order valence-corrected chi connectivity index (χ2v) is 5.86. The van der Waals surface area contributed by atoms with Crippen LogP contribution < -0.4 is 10.2 Å². The standard InChI is InChI=1S/C15H21F3N4O2/c1-10-11(5-6-13(19-10)22-7-3-4-8-22)20-14(24)21(2)9-12(23)15(16,17)18/h5-6,12,23H,3-4,7-9H2,1-2H3,(H,20,24)/t12-/m0/s1. The van der Waals surface area contributed by atoms with Crippen molar-refractivity contribution in [2.24, 2.45) is 0 Å². The van der Waals surface area contributed by atoms with E-state index in [4.69, 9.17) is 5.11 Å². The zero-order valence-electron chi connectivity index (χ0n) is 13.6. The van der Waals surface area contributed by atoms with Gasteiger partial charge in [-0.3, -0.25) is 0 Å². The number of aliphatic hydroxyl groups excluding tert-OH is 1. The maximum Gasteiger partial charge on any atom is 0.416 e. The lowest BCUT2D eigenvalue weighted by molar-refractivity contribution is -0.205. The van der Waals surface area contributed by atoms with E-state index >= 15 is 0 Å². The molecule has 1 atom stereocenters. The van der Waals surface area contributed by atoms with Crippen molar-refractivity contribution in [2.75, 3.05) is 36.9 Å². The van der Waals surface area contributed by atoms with Gasteiger partial charge in [0.15, 0.2) is 6.10 Å². The van der Waals surface area contributed by atoms with Gasteiger partial charge >= 0.3 is 12.2 Å². The third-order valence-electron chi connectivity index (χ3n) is 3.91. The van der Waals surface area contributed by atoms with E-state index in [0.29, 0.717) is 11.4 Å². The van der Waals surface area contributed by atoms with Gasteiger partial charge in [0.2, 0.25) is 0 Å². The summed E-state index contributed by atoms with van der Waals surface area (Å²) in [5.41, 5.74) is 1.01. The number of carbonyl (C=O) groups excluding carboxylic acids is 1. The summed E-state index contributed by atoms with van der Waals surface area (Å²) in [4.78, 5) is 19.3. The molecule has 1 saturated heterocycles. The number of halogens is 3. The molecule has 0 saturated carbocycles. The van der Waals surface area contributed by atoms with Gasteiger partial charge in [0, 0.05) is 20.1 Å². The second-order valence-electron chi connectivity index (χ2n) is 5.86. The summed E-state index contributed by atoms with van der Waals surface area (Å²) in [6, 6.07) is 2.72. The summed E-state index contributed by atoms with van der Waals surface area (Å²) in [6.45, 7) is 2.76. The molecule has 0 unspecified atom stereocenters. The molecule has 1 aromatic heterocycles. The molecule has 0 spiro atoms. The SMILES string of the molecule is Cc1nc(N2CCCC2)ccc1NC(=O)N(C)C[C@H](O)C(F)(F)F. The number of pyridine rings is 1. The highest BCUT2D eigenvalue weighted by Crippen LogP contribution is 2.23. The van der Waals surface area contributed by atoms with E-state index in [9.17, 15) is 18.0 Å². The zero-order valence-corrected chi connectivity index (χ0v) is 13.6. The first-order valence-corrected chi connectivity index (χ1v) is 7.68. The summed E-state index contributed by atoms with van der Waals surface area (Å²) in [5, 5.41) is 11.5. The molecule has 1 fully saturated rings. The van der Waals surface area contributed by atoms with Gasteiger partial charge in [-0.15, -0.1) is 0 Å². The summed E-state index contributed by atoms with van der Waals surface area (Å²) < 4.78 is 37.0. The van der Waals surface area contributed by atoms with Crippen LogP contribution in [0.1, 0.15) is 18.5 Å². The van der Waals surface area contributed by atoms with Crippen molar-refractivity contribution in [2.45, 2.75) is 32.0 Å². The van der Waals surface area contributed by atoms with Crippen LogP contribution in [-0.4, -0.2) is 60.0 Å². The number of aliphatic hydroxyl groups is 1. The zero-order chi connectivity index (χ0) is 17.9. The average molecular weight is 346 g/mol. The van der Waals surface area contributed by atoms with Gasteiger partial charge in [-0.1, -0.05) is 0 Å². The van der Waals surface area contributed by atoms with Gasteiger partial charge < -0.3 is 20.2 Å². The molecule has 2 amide bonds. The van der Waals surface area contributed by atoms with Crippen molar-refractivity contribution in [3.63, 3.8) is 0 Å². The molecule has 1 aliphatic rings. The third kappa shape index (κ3) is 4.50. The molecule has 0 aromatic carbocycles. The molecule has 2 rings (SSSR count). The number of hydrogen-bond acceptors (Lipinski definition) is 4. The van der Waals surface area contributed by atoms with E-state index < -0.39 is 24.9 Å². The van der Waals surface area contributed by atoms with E-state index in [2.05, 4.69) is 15.2 Å². The number of urea groups is 1. The first kappa shape index (κ1) is 18.3. The summed E-state index contributed by atoms with van der Waals surface area (Å²) in [7, 11) is 1.19. The molecule has 6 nitrogen and oxygen atoms in total. The van der Waals surface area contributed by atoms with Gasteiger partial charge in [0.05, 0.1) is 17.9 Å². The highest BCUT2D eigenvalue weighted by atomic mass is 19.4. The van der Waals surface area contributed by atoms with Crippen molar-refractivity contribution in [3.8, 4) is 0 Å². The van der Waals surface area contributed by atoms with Gasteiger partial charge in [0.25, 0.3) is 0 Å². The minimum atomic E-state index is -4.76. The van der Waals surface area contributed by atoms with Crippen LogP contribution in [0.5, 0.6) is 0 Å². The Morgan fingerprint density at radius 3 is 2.58 bits per heavy atom. The molecule has 0 radical (unpaired) electrons. The van der Waals surface area contributed by atoms with E-state index in [-0.39, 0.29) is 0 Å². The van der Waals surface area contributed by atoms with E-state index in [0.717, 1.165) is 36.6 Å². The van der Waals surface area contributed by atoms with Gasteiger partial charge in [-0.25, -0.2) is 9.78 Å². The van der Waals surface area contributed by atoms with Crippen molar-refractivity contribution in [1.82, 2.24) is 9.88 Å². The Kier molecular flexibility index (Phi) is 5.53. The van der Waals surface area contributed by atoms with Crippen LogP contribution in [0.25, 0.3) is 0 Å². The number of likely N-dealkylation sites (N-methyl/N-ethyl adjacent to an activating group) is 1. The number of nitrogens with one attached hydrogen (secondary N) is 1. The molecule has 2 heterocycles. The average Bonchev–Trinajstić information content (AvgIpc) is 3.02. The fraction of sp³-hybridized carbons (Fsp3) is 0.600. The highest BCUT2D eigenvalue weighted by Gasteiger charge is 2.39. The Balaban J connectivity index is 1.98. The number of nitrogens with zero attached hydrogens (tertiary/aromatic N) is 3. The molecule has 9 heteroatoms. The number of hydrogen-bond donors (Lipinski definition) is 2. The van der Waals surface area contributed by atoms with Crippen LogP contribution in [0.2, 0.25) is 0 Å². The van der Waals surface area contributed by atoms with Crippen LogP contribution in [0.15, 0.2) is 12.1 Å². The number of anilines is 2. The number of carbonyl (C=O) groups is 1. The van der Waals surface area contributed by atoms with Crippen LogP contribution in [0.3, 0.4) is 0 Å². The fourth-order valence-corrected chi connectivity index (χ4v) is 2.46. The monoisotopic (exact) mass is 346 g/mol. The molecule has 0 bridgehead atoms. The number of aromatic nitrogens is 1. The molecular formula is C15H21F3N4O2. The van der Waals surface area contributed by atoms with Crippen LogP contribution in [0.4, 0.5) is 29.5 Å². The van der Waals surface area contributed by atoms with E-state index in [1.807, 2.05) is 0 Å². The molecule has 0 aliphatic carbocycles. The highest BCUT2D eigenvalue weighted by molar-refractivity contribution is 5.89. The maximum absolute atomic E-state index is 12.3. The van der Waals surface area contributed by atoms with E-state index in [1.54, 1.807) is 19.1 Å². The number of rotatable bonds is 4. The molecular weight excluding hydrogens is 325 g/mol. The van der Waals surface area contributed by atoms with Crippen LogP contribution >= 0.6 is 0 Å². The van der Waals surface area contributed by atoms with Crippen molar-refractivity contribution in [1.29, 1.82) is 0 Å². The second kappa shape index (κ2) is 7.25. The smallest absolute Gasteiger partial charge is 0.382 e. The number of amides is 2. The van der Waals surface area contributed by atoms with Crippen molar-refractivity contribution >= 4 is 17.5 Å². The van der Waals surface area contributed by atoms with Crippen molar-refractivity contribution in [3.05, 3.63) is 17.8 Å². The van der Waals surface area contributed by atoms with Gasteiger partial charge in [-0.2, -0.15) is 13.2 Å². The summed E-state index contributed by atoms with van der Waals surface area (Å²) >= 11 is 0. The Morgan fingerprint density at radius 1 is 1.42 bits per heavy atom. The summed E-state index contributed by atoms with van der Waals surface area (Å²) in [5.74, 6) is 0.823. The Morgan fingerprint density at radius 2 is 2.04 bits per heavy atom. The minimum absolute atomic E-state index is 0.427. The molecule has 134 valence electrons. The largest absolute Gasteiger partial charge is 0.416 e. The fourth-order valence-electron chi connectivity index (χ4n) is 2.46. The topological polar surface area (TPSA) is 68.7 Å². The van der Waals surface area contributed by atoms with Gasteiger partial charge in [0.1, 0.15) is 5.82 Å². The Bertz CT molecular complexity index is 589. The summed E-state index contributed by atoms with van der Waals surface area (Å²) in [6.07, 6.45) is -5.11. The lowest BCUT2D eigenvalue weighted by Gasteiger charge is -2.23. The molecule has 24 heavy (non-hydrogen) atoms. The maximum atomic E-state index is 12.3. The Labute approximate surface area is 138 Å². The predicted octanol–water partition coefficient (Wildman–Crippen LogP) is 2.38. The van der Waals surface area contributed by atoms with Crippen LogP contribution in [0, 0.1) is 6.92 Å². The van der Waals surface area contributed by atoms with Crippen molar-refractivity contribution < 1.29 is 23.1 Å². The molecule has 2 N–H and O–H groups in total.